The maximum Gasteiger partial charge on any atom is 0.241 e. The Bertz CT molecular complexity index is 577. The summed E-state index contributed by atoms with van der Waals surface area (Å²) in [4.78, 5) is 0.238. The summed E-state index contributed by atoms with van der Waals surface area (Å²) in [5.41, 5.74) is 0.636. The molecule has 0 heterocycles. The molecule has 0 saturated heterocycles. The Morgan fingerprint density at radius 1 is 1.35 bits per heavy atom. The molecule has 0 spiro atoms. The van der Waals surface area contributed by atoms with Crippen molar-refractivity contribution in [1.29, 1.82) is 0 Å². The lowest BCUT2D eigenvalue weighted by atomic mass is 9.76. The van der Waals surface area contributed by atoms with Gasteiger partial charge in [0.05, 0.1) is 4.90 Å². The molecule has 0 unspecified atom stereocenters. The Morgan fingerprint density at radius 3 is 2.50 bits per heavy atom. The van der Waals surface area contributed by atoms with Gasteiger partial charge in [0, 0.05) is 17.1 Å². The Balaban J connectivity index is 2.23. The highest BCUT2D eigenvalue weighted by molar-refractivity contribution is 7.89. The molecule has 0 atom stereocenters. The smallest absolute Gasteiger partial charge is 0.241 e. The topological polar surface area (TPSA) is 58.2 Å². The van der Waals surface area contributed by atoms with Gasteiger partial charge < -0.3 is 5.32 Å². The van der Waals surface area contributed by atoms with E-state index >= 15 is 0 Å². The van der Waals surface area contributed by atoms with E-state index in [0.29, 0.717) is 11.6 Å². The van der Waals surface area contributed by atoms with Gasteiger partial charge in [-0.05, 0) is 50.4 Å². The summed E-state index contributed by atoms with van der Waals surface area (Å²) in [6.07, 6.45) is 3.72. The van der Waals surface area contributed by atoms with Gasteiger partial charge in [0.15, 0.2) is 0 Å². The van der Waals surface area contributed by atoms with Crippen LogP contribution in [0.25, 0.3) is 0 Å². The lowest BCUT2D eigenvalue weighted by Gasteiger charge is -2.41. The zero-order chi connectivity index (χ0) is 14.8. The average molecular weight is 317 g/mol. The first kappa shape index (κ1) is 15.8. The molecular weight excluding hydrogens is 296 g/mol. The standard InChI is InChI=1S/C14H21ClN2O2S/c1-3-14(7-4-8-14)17-20(18,19)12-6-5-11(10-16-2)13(15)9-12/h5-6,9,16-17H,3-4,7-8,10H2,1-2H3. The summed E-state index contributed by atoms with van der Waals surface area (Å²) in [7, 11) is -1.68. The number of hydrogen-bond donors (Lipinski definition) is 2. The fraction of sp³-hybridized carbons (Fsp3) is 0.571. The van der Waals surface area contributed by atoms with Crippen molar-refractivity contribution in [1.82, 2.24) is 10.0 Å². The molecule has 4 nitrogen and oxygen atoms in total. The summed E-state index contributed by atoms with van der Waals surface area (Å²) >= 11 is 6.13. The van der Waals surface area contributed by atoms with E-state index in [0.717, 1.165) is 31.2 Å². The third-order valence-electron chi connectivity index (χ3n) is 4.04. The van der Waals surface area contributed by atoms with Crippen molar-refractivity contribution in [3.63, 3.8) is 0 Å². The SMILES string of the molecule is CCC1(NS(=O)(=O)c2ccc(CNC)c(Cl)c2)CCC1. The van der Waals surface area contributed by atoms with Crippen LogP contribution in [0, 0.1) is 0 Å². The van der Waals surface area contributed by atoms with Gasteiger partial charge in [-0.1, -0.05) is 24.6 Å². The predicted molar refractivity (Wildman–Crippen MR) is 81.4 cm³/mol. The number of hydrogen-bond acceptors (Lipinski definition) is 3. The van der Waals surface area contributed by atoms with Crippen LogP contribution in [0.5, 0.6) is 0 Å². The van der Waals surface area contributed by atoms with E-state index in [4.69, 9.17) is 11.6 Å². The number of sulfonamides is 1. The molecule has 2 N–H and O–H groups in total. The Kier molecular flexibility index (Phi) is 4.74. The molecule has 0 bridgehead atoms. The third-order valence-corrected chi connectivity index (χ3v) is 5.97. The van der Waals surface area contributed by atoms with E-state index in [1.165, 1.54) is 6.07 Å². The fourth-order valence-corrected chi connectivity index (χ4v) is 4.37. The quantitative estimate of drug-likeness (QED) is 0.848. The molecule has 6 heteroatoms. The van der Waals surface area contributed by atoms with Crippen LogP contribution in [0.3, 0.4) is 0 Å². The van der Waals surface area contributed by atoms with Crippen molar-refractivity contribution < 1.29 is 8.42 Å². The van der Waals surface area contributed by atoms with Crippen LogP contribution in [-0.4, -0.2) is 21.0 Å². The van der Waals surface area contributed by atoms with Crippen LogP contribution in [0.2, 0.25) is 5.02 Å². The van der Waals surface area contributed by atoms with Gasteiger partial charge in [0.25, 0.3) is 0 Å². The minimum absolute atomic E-state index is 0.238. The van der Waals surface area contributed by atoms with Gasteiger partial charge >= 0.3 is 0 Å². The molecular formula is C14H21ClN2O2S. The van der Waals surface area contributed by atoms with E-state index in [1.807, 2.05) is 14.0 Å². The van der Waals surface area contributed by atoms with Gasteiger partial charge in [-0.25, -0.2) is 13.1 Å². The average Bonchev–Trinajstić information content (AvgIpc) is 2.36. The van der Waals surface area contributed by atoms with E-state index in [9.17, 15) is 8.42 Å². The van der Waals surface area contributed by atoms with Gasteiger partial charge in [0.1, 0.15) is 0 Å². The third kappa shape index (κ3) is 3.17. The highest BCUT2D eigenvalue weighted by atomic mass is 35.5. The summed E-state index contributed by atoms with van der Waals surface area (Å²) in [6.45, 7) is 2.64. The van der Waals surface area contributed by atoms with Crippen molar-refractivity contribution >= 4 is 21.6 Å². The first-order valence-corrected chi connectivity index (χ1v) is 8.75. The first-order chi connectivity index (χ1) is 9.42. The van der Waals surface area contributed by atoms with E-state index < -0.39 is 10.0 Å². The van der Waals surface area contributed by atoms with Gasteiger partial charge in [-0.3, -0.25) is 0 Å². The van der Waals surface area contributed by atoms with Crippen LogP contribution < -0.4 is 10.0 Å². The fourth-order valence-electron chi connectivity index (χ4n) is 2.50. The largest absolute Gasteiger partial charge is 0.316 e. The van der Waals surface area contributed by atoms with Crippen molar-refractivity contribution in [2.45, 2.75) is 49.6 Å². The van der Waals surface area contributed by atoms with Crippen molar-refractivity contribution in [2.75, 3.05) is 7.05 Å². The molecule has 0 radical (unpaired) electrons. The maximum absolute atomic E-state index is 12.4. The highest BCUT2D eigenvalue weighted by Gasteiger charge is 2.39. The Labute approximate surface area is 126 Å². The van der Waals surface area contributed by atoms with E-state index in [2.05, 4.69) is 10.0 Å². The van der Waals surface area contributed by atoms with Crippen LogP contribution in [0.15, 0.2) is 23.1 Å². The molecule has 112 valence electrons. The second kappa shape index (κ2) is 6.02. The van der Waals surface area contributed by atoms with Crippen molar-refractivity contribution in [3.05, 3.63) is 28.8 Å². The van der Waals surface area contributed by atoms with Crippen molar-refractivity contribution in [2.24, 2.45) is 0 Å². The molecule has 0 aromatic heterocycles. The lowest BCUT2D eigenvalue weighted by Crippen LogP contribution is -2.52. The first-order valence-electron chi connectivity index (χ1n) is 6.89. The predicted octanol–water partition coefficient (Wildman–Crippen LogP) is 2.67. The molecule has 1 saturated carbocycles. The summed E-state index contributed by atoms with van der Waals surface area (Å²) in [5, 5.41) is 3.47. The molecule has 1 aliphatic carbocycles. The van der Waals surface area contributed by atoms with Crippen LogP contribution in [0.1, 0.15) is 38.2 Å². The molecule has 0 amide bonds. The minimum Gasteiger partial charge on any atom is -0.316 e. The summed E-state index contributed by atoms with van der Waals surface area (Å²) in [6, 6.07) is 4.90. The zero-order valence-corrected chi connectivity index (χ0v) is 13.4. The molecule has 1 aromatic carbocycles. The molecule has 0 aliphatic heterocycles. The second-order valence-electron chi connectivity index (χ2n) is 5.38. The normalized spacial score (nSPS) is 17.8. The lowest BCUT2D eigenvalue weighted by molar-refractivity contribution is 0.214. The van der Waals surface area contributed by atoms with Gasteiger partial charge in [-0.2, -0.15) is 0 Å². The Hall–Kier alpha value is -0.620. The summed E-state index contributed by atoms with van der Waals surface area (Å²) < 4.78 is 27.7. The van der Waals surface area contributed by atoms with Crippen molar-refractivity contribution in [3.8, 4) is 0 Å². The zero-order valence-electron chi connectivity index (χ0n) is 11.9. The van der Waals surface area contributed by atoms with Gasteiger partial charge in [0.2, 0.25) is 10.0 Å². The maximum atomic E-state index is 12.4. The highest BCUT2D eigenvalue weighted by Crippen LogP contribution is 2.36. The molecule has 1 aromatic rings. The van der Waals surface area contributed by atoms with Gasteiger partial charge in [-0.15, -0.1) is 0 Å². The molecule has 1 aliphatic rings. The minimum atomic E-state index is -3.50. The number of rotatable bonds is 6. The number of benzene rings is 1. The van der Waals surface area contributed by atoms with Crippen LogP contribution in [-0.2, 0) is 16.6 Å². The summed E-state index contributed by atoms with van der Waals surface area (Å²) in [5.74, 6) is 0. The monoisotopic (exact) mass is 316 g/mol. The van der Waals surface area contributed by atoms with E-state index in [1.54, 1.807) is 12.1 Å². The van der Waals surface area contributed by atoms with Crippen LogP contribution >= 0.6 is 11.6 Å². The van der Waals surface area contributed by atoms with Crippen LogP contribution in [0.4, 0.5) is 0 Å². The number of halogens is 1. The molecule has 20 heavy (non-hydrogen) atoms. The van der Waals surface area contributed by atoms with E-state index in [-0.39, 0.29) is 10.4 Å². The Morgan fingerprint density at radius 2 is 2.05 bits per heavy atom. The molecule has 1 fully saturated rings. The number of nitrogens with one attached hydrogen (secondary N) is 2. The second-order valence-corrected chi connectivity index (χ2v) is 7.47. The molecule has 2 rings (SSSR count).